The topological polar surface area (TPSA) is 79.5 Å². The summed E-state index contributed by atoms with van der Waals surface area (Å²) in [5.74, 6) is 0.585. The van der Waals surface area contributed by atoms with Crippen LogP contribution >= 0.6 is 0 Å². The molecule has 24 heavy (non-hydrogen) atoms. The van der Waals surface area contributed by atoms with E-state index in [-0.39, 0.29) is 24.9 Å². The van der Waals surface area contributed by atoms with E-state index in [0.717, 1.165) is 12.0 Å². The second-order valence-corrected chi connectivity index (χ2v) is 5.82. The number of hydrogen-bond acceptors (Lipinski definition) is 5. The number of carbonyl (C=O) groups is 2. The Morgan fingerprint density at radius 1 is 1.21 bits per heavy atom. The summed E-state index contributed by atoms with van der Waals surface area (Å²) in [6, 6.07) is 8.90. The molecule has 2 heterocycles. The average Bonchev–Trinajstić information content (AvgIpc) is 3.06. The third-order valence-electron chi connectivity index (χ3n) is 4.07. The van der Waals surface area contributed by atoms with E-state index in [9.17, 15) is 9.59 Å². The van der Waals surface area contributed by atoms with Crippen LogP contribution in [-0.4, -0.2) is 50.9 Å². The van der Waals surface area contributed by atoms with E-state index in [0.29, 0.717) is 18.3 Å². The molecule has 7 nitrogen and oxygen atoms in total. The summed E-state index contributed by atoms with van der Waals surface area (Å²) in [5, 5.41) is 8.02. The molecule has 1 aromatic heterocycles. The maximum absolute atomic E-state index is 12.4. The minimum Gasteiger partial charge on any atom is -0.419 e. The van der Waals surface area contributed by atoms with Gasteiger partial charge in [0.15, 0.2) is 0 Å². The molecule has 1 fully saturated rings. The van der Waals surface area contributed by atoms with Crippen molar-refractivity contribution in [3.05, 3.63) is 36.2 Å². The first-order chi connectivity index (χ1) is 11.6. The molecule has 0 N–H and O–H groups in total. The van der Waals surface area contributed by atoms with Gasteiger partial charge in [-0.05, 0) is 25.5 Å². The van der Waals surface area contributed by atoms with Crippen LogP contribution in [0.1, 0.15) is 26.2 Å². The van der Waals surface area contributed by atoms with E-state index in [2.05, 4.69) is 10.2 Å². The quantitative estimate of drug-likeness (QED) is 0.835. The monoisotopic (exact) mass is 328 g/mol. The lowest BCUT2D eigenvalue weighted by Crippen LogP contribution is -2.58. The second kappa shape index (κ2) is 6.82. The van der Waals surface area contributed by atoms with Crippen molar-refractivity contribution in [1.82, 2.24) is 20.0 Å². The van der Waals surface area contributed by atoms with Crippen molar-refractivity contribution in [2.24, 2.45) is 0 Å². The number of amides is 2. The molecule has 0 bridgehead atoms. The van der Waals surface area contributed by atoms with E-state index >= 15 is 0 Å². The molecular formula is C17H20N4O3. The van der Waals surface area contributed by atoms with E-state index < -0.39 is 6.04 Å². The number of hydrogen-bond donors (Lipinski definition) is 0. The fourth-order valence-corrected chi connectivity index (χ4v) is 2.79. The lowest BCUT2D eigenvalue weighted by Gasteiger charge is -2.37. The van der Waals surface area contributed by atoms with Crippen LogP contribution in [0, 0.1) is 0 Å². The first-order valence-corrected chi connectivity index (χ1v) is 8.06. The molecule has 0 radical (unpaired) electrons. The SMILES string of the molecule is CCCN1CC(=O)N(Cc2nnc(-c3ccccc3)o2)[C@H](C)C1=O. The van der Waals surface area contributed by atoms with Crippen LogP contribution in [0.5, 0.6) is 0 Å². The zero-order chi connectivity index (χ0) is 17.1. The molecule has 0 aliphatic carbocycles. The van der Waals surface area contributed by atoms with Crippen LogP contribution in [0.3, 0.4) is 0 Å². The molecule has 1 aliphatic heterocycles. The summed E-state index contributed by atoms with van der Waals surface area (Å²) in [5.41, 5.74) is 0.819. The van der Waals surface area contributed by atoms with Gasteiger partial charge in [-0.3, -0.25) is 9.59 Å². The molecule has 3 rings (SSSR count). The van der Waals surface area contributed by atoms with Gasteiger partial charge in [-0.25, -0.2) is 0 Å². The smallest absolute Gasteiger partial charge is 0.247 e. The summed E-state index contributed by atoms with van der Waals surface area (Å²) in [6.07, 6.45) is 0.829. The summed E-state index contributed by atoms with van der Waals surface area (Å²) in [6.45, 7) is 4.57. The molecule has 0 spiro atoms. The highest BCUT2D eigenvalue weighted by atomic mass is 16.4. The number of nitrogens with zero attached hydrogens (tertiary/aromatic N) is 4. The standard InChI is InChI=1S/C17H20N4O3/c1-3-9-20-11-15(22)21(12(2)17(20)23)10-14-18-19-16(24-14)13-7-5-4-6-8-13/h4-8,12H,3,9-11H2,1-2H3/t12-/m1/s1. The lowest BCUT2D eigenvalue weighted by molar-refractivity contribution is -0.156. The van der Waals surface area contributed by atoms with Gasteiger partial charge >= 0.3 is 0 Å². The van der Waals surface area contributed by atoms with E-state index in [4.69, 9.17) is 4.42 Å². The van der Waals surface area contributed by atoms with Crippen molar-refractivity contribution >= 4 is 11.8 Å². The average molecular weight is 328 g/mol. The highest BCUT2D eigenvalue weighted by Crippen LogP contribution is 2.20. The molecule has 1 aliphatic rings. The van der Waals surface area contributed by atoms with E-state index in [1.165, 1.54) is 4.90 Å². The molecule has 2 aromatic rings. The predicted octanol–water partition coefficient (Wildman–Crippen LogP) is 1.71. The summed E-state index contributed by atoms with van der Waals surface area (Å²) < 4.78 is 5.64. The number of aromatic nitrogens is 2. The van der Waals surface area contributed by atoms with Crippen LogP contribution < -0.4 is 0 Å². The van der Waals surface area contributed by atoms with Crippen LogP contribution in [-0.2, 0) is 16.1 Å². The third-order valence-corrected chi connectivity index (χ3v) is 4.07. The van der Waals surface area contributed by atoms with Gasteiger partial charge in [-0.15, -0.1) is 10.2 Å². The van der Waals surface area contributed by atoms with Crippen LogP contribution in [0.4, 0.5) is 0 Å². The largest absolute Gasteiger partial charge is 0.419 e. The predicted molar refractivity (Wildman–Crippen MR) is 86.6 cm³/mol. The summed E-state index contributed by atoms with van der Waals surface area (Å²) in [7, 11) is 0. The maximum atomic E-state index is 12.4. The zero-order valence-corrected chi connectivity index (χ0v) is 13.8. The Balaban J connectivity index is 1.73. The van der Waals surface area contributed by atoms with Gasteiger partial charge in [0, 0.05) is 12.1 Å². The van der Waals surface area contributed by atoms with Crippen LogP contribution in [0.2, 0.25) is 0 Å². The Hall–Kier alpha value is -2.70. The molecule has 0 saturated carbocycles. The van der Waals surface area contributed by atoms with E-state index in [1.54, 1.807) is 11.8 Å². The highest BCUT2D eigenvalue weighted by molar-refractivity contribution is 5.94. The van der Waals surface area contributed by atoms with Crippen LogP contribution in [0.25, 0.3) is 11.5 Å². The minimum absolute atomic E-state index is 0.0424. The van der Waals surface area contributed by atoms with Crippen molar-refractivity contribution in [1.29, 1.82) is 0 Å². The Labute approximate surface area is 140 Å². The lowest BCUT2D eigenvalue weighted by atomic mass is 10.1. The van der Waals surface area contributed by atoms with Crippen molar-refractivity contribution in [3.63, 3.8) is 0 Å². The Bertz CT molecular complexity index is 728. The Morgan fingerprint density at radius 3 is 2.67 bits per heavy atom. The molecule has 126 valence electrons. The number of rotatable bonds is 5. The van der Waals surface area contributed by atoms with Gasteiger partial charge in [-0.2, -0.15) is 0 Å². The maximum Gasteiger partial charge on any atom is 0.247 e. The van der Waals surface area contributed by atoms with Gasteiger partial charge in [0.1, 0.15) is 6.04 Å². The van der Waals surface area contributed by atoms with Crippen molar-refractivity contribution in [3.8, 4) is 11.5 Å². The zero-order valence-electron chi connectivity index (χ0n) is 13.8. The van der Waals surface area contributed by atoms with Gasteiger partial charge < -0.3 is 14.2 Å². The van der Waals surface area contributed by atoms with Crippen LogP contribution in [0.15, 0.2) is 34.7 Å². The van der Waals surface area contributed by atoms with Crippen molar-refractivity contribution in [2.75, 3.05) is 13.1 Å². The molecule has 1 atom stereocenters. The molecule has 1 saturated heterocycles. The fourth-order valence-electron chi connectivity index (χ4n) is 2.79. The number of piperazine rings is 1. The van der Waals surface area contributed by atoms with Crippen molar-refractivity contribution in [2.45, 2.75) is 32.9 Å². The highest BCUT2D eigenvalue weighted by Gasteiger charge is 2.36. The van der Waals surface area contributed by atoms with Gasteiger partial charge in [0.2, 0.25) is 23.6 Å². The molecule has 0 unspecified atom stereocenters. The molecular weight excluding hydrogens is 308 g/mol. The van der Waals surface area contributed by atoms with Gasteiger partial charge in [-0.1, -0.05) is 25.1 Å². The molecule has 7 heteroatoms. The molecule has 1 aromatic carbocycles. The molecule has 2 amide bonds. The Morgan fingerprint density at radius 2 is 1.96 bits per heavy atom. The summed E-state index contributed by atoms with van der Waals surface area (Å²) in [4.78, 5) is 27.8. The number of benzene rings is 1. The third kappa shape index (κ3) is 3.15. The van der Waals surface area contributed by atoms with E-state index in [1.807, 2.05) is 37.3 Å². The van der Waals surface area contributed by atoms with Crippen molar-refractivity contribution < 1.29 is 14.0 Å². The first-order valence-electron chi connectivity index (χ1n) is 8.06. The summed E-state index contributed by atoms with van der Waals surface area (Å²) >= 11 is 0. The Kier molecular flexibility index (Phi) is 4.59. The minimum atomic E-state index is -0.523. The second-order valence-electron chi connectivity index (χ2n) is 5.82. The fraction of sp³-hybridized carbons (Fsp3) is 0.412. The number of carbonyl (C=O) groups excluding carboxylic acids is 2. The van der Waals surface area contributed by atoms with Gasteiger partial charge in [0.25, 0.3) is 0 Å². The van der Waals surface area contributed by atoms with Gasteiger partial charge in [0.05, 0.1) is 13.1 Å². The normalized spacial score (nSPS) is 18.3. The first kappa shape index (κ1) is 16.2.